The van der Waals surface area contributed by atoms with E-state index in [0.29, 0.717) is 17.3 Å². The SMILES string of the molecule is Fc1ccc(NC(=S)NCCCc2ccccc2Cl)cc1Cl. The summed E-state index contributed by atoms with van der Waals surface area (Å²) in [6, 6.07) is 12.2. The fraction of sp³-hybridized carbons (Fsp3) is 0.188. The molecule has 2 nitrogen and oxygen atoms in total. The van der Waals surface area contributed by atoms with E-state index >= 15 is 0 Å². The summed E-state index contributed by atoms with van der Waals surface area (Å²) >= 11 is 17.0. The molecule has 0 spiro atoms. The molecule has 0 saturated heterocycles. The number of hydrogen-bond acceptors (Lipinski definition) is 1. The minimum absolute atomic E-state index is 0.0616. The Hall–Kier alpha value is -1.36. The first-order chi connectivity index (χ1) is 10.6. The minimum atomic E-state index is -0.453. The predicted octanol–water partition coefficient (Wildman–Crippen LogP) is 5.05. The van der Waals surface area contributed by atoms with Crippen LogP contribution in [0.15, 0.2) is 42.5 Å². The number of benzene rings is 2. The van der Waals surface area contributed by atoms with E-state index in [4.69, 9.17) is 35.4 Å². The lowest BCUT2D eigenvalue weighted by molar-refractivity contribution is 0.628. The second kappa shape index (κ2) is 8.32. The van der Waals surface area contributed by atoms with Gasteiger partial charge in [0.25, 0.3) is 0 Å². The molecule has 0 fully saturated rings. The van der Waals surface area contributed by atoms with Crippen molar-refractivity contribution in [3.8, 4) is 0 Å². The van der Waals surface area contributed by atoms with Crippen molar-refractivity contribution in [1.29, 1.82) is 0 Å². The van der Waals surface area contributed by atoms with Crippen LogP contribution in [0.4, 0.5) is 10.1 Å². The van der Waals surface area contributed by atoms with Gasteiger partial charge in [0.15, 0.2) is 5.11 Å². The molecular weight excluding hydrogens is 342 g/mol. The lowest BCUT2D eigenvalue weighted by Gasteiger charge is -2.11. The highest BCUT2D eigenvalue weighted by Gasteiger charge is 2.03. The molecule has 0 unspecified atom stereocenters. The summed E-state index contributed by atoms with van der Waals surface area (Å²) in [4.78, 5) is 0. The van der Waals surface area contributed by atoms with Gasteiger partial charge in [0.2, 0.25) is 0 Å². The molecule has 0 amide bonds. The number of thiocarbonyl (C=S) groups is 1. The summed E-state index contributed by atoms with van der Waals surface area (Å²) in [5, 5.41) is 7.38. The number of nitrogens with one attached hydrogen (secondary N) is 2. The molecule has 0 aliphatic carbocycles. The van der Waals surface area contributed by atoms with Crippen LogP contribution in [0.2, 0.25) is 10.0 Å². The van der Waals surface area contributed by atoms with E-state index in [1.165, 1.54) is 12.1 Å². The number of halogens is 3. The van der Waals surface area contributed by atoms with Crippen molar-refractivity contribution in [3.05, 3.63) is 63.9 Å². The van der Waals surface area contributed by atoms with Crippen molar-refractivity contribution in [3.63, 3.8) is 0 Å². The van der Waals surface area contributed by atoms with Gasteiger partial charge in [0, 0.05) is 17.3 Å². The minimum Gasteiger partial charge on any atom is -0.362 e. The average Bonchev–Trinajstić information content (AvgIpc) is 2.49. The Balaban J connectivity index is 1.74. The topological polar surface area (TPSA) is 24.1 Å². The van der Waals surface area contributed by atoms with Crippen LogP contribution in [-0.2, 0) is 6.42 Å². The van der Waals surface area contributed by atoms with Crippen LogP contribution in [0.3, 0.4) is 0 Å². The third kappa shape index (κ3) is 5.13. The summed E-state index contributed by atoms with van der Waals surface area (Å²) in [5.74, 6) is -0.453. The summed E-state index contributed by atoms with van der Waals surface area (Å²) < 4.78 is 13.1. The third-order valence-electron chi connectivity index (χ3n) is 3.04. The van der Waals surface area contributed by atoms with Crippen molar-refractivity contribution in [1.82, 2.24) is 5.32 Å². The summed E-state index contributed by atoms with van der Waals surface area (Å²) in [6.07, 6.45) is 1.77. The van der Waals surface area contributed by atoms with Gasteiger partial charge in [-0.2, -0.15) is 0 Å². The van der Waals surface area contributed by atoms with Gasteiger partial charge in [-0.05, 0) is 54.9 Å². The molecule has 0 radical (unpaired) electrons. The Morgan fingerprint density at radius 3 is 2.59 bits per heavy atom. The smallest absolute Gasteiger partial charge is 0.170 e. The van der Waals surface area contributed by atoms with Crippen molar-refractivity contribution >= 4 is 46.2 Å². The van der Waals surface area contributed by atoms with E-state index in [2.05, 4.69) is 10.6 Å². The second-order valence-electron chi connectivity index (χ2n) is 4.70. The number of hydrogen-bond donors (Lipinski definition) is 2. The largest absolute Gasteiger partial charge is 0.362 e. The van der Waals surface area contributed by atoms with Crippen LogP contribution in [0.1, 0.15) is 12.0 Å². The van der Waals surface area contributed by atoms with Gasteiger partial charge in [-0.3, -0.25) is 0 Å². The monoisotopic (exact) mass is 356 g/mol. The molecule has 0 aliphatic heterocycles. The molecular formula is C16H15Cl2FN2S. The van der Waals surface area contributed by atoms with Gasteiger partial charge in [-0.15, -0.1) is 0 Å². The molecule has 22 heavy (non-hydrogen) atoms. The van der Waals surface area contributed by atoms with Crippen molar-refractivity contribution < 1.29 is 4.39 Å². The molecule has 2 N–H and O–H groups in total. The van der Waals surface area contributed by atoms with Gasteiger partial charge < -0.3 is 10.6 Å². The number of anilines is 1. The van der Waals surface area contributed by atoms with Gasteiger partial charge in [-0.25, -0.2) is 4.39 Å². The maximum absolute atomic E-state index is 13.1. The molecule has 0 atom stereocenters. The quantitative estimate of drug-likeness (QED) is 0.578. The van der Waals surface area contributed by atoms with E-state index in [9.17, 15) is 4.39 Å². The molecule has 0 heterocycles. The Bertz CT molecular complexity index is 664. The van der Waals surface area contributed by atoms with Gasteiger partial charge >= 0.3 is 0 Å². The second-order valence-corrected chi connectivity index (χ2v) is 5.93. The first kappa shape index (κ1) is 17.0. The van der Waals surface area contributed by atoms with Crippen molar-refractivity contribution in [2.45, 2.75) is 12.8 Å². The van der Waals surface area contributed by atoms with Crippen LogP contribution in [0.5, 0.6) is 0 Å². The number of aryl methyl sites for hydroxylation is 1. The summed E-state index contributed by atoms with van der Waals surface area (Å²) in [6.45, 7) is 0.714. The van der Waals surface area contributed by atoms with Crippen LogP contribution in [0, 0.1) is 5.82 Å². The maximum atomic E-state index is 13.1. The van der Waals surface area contributed by atoms with Gasteiger partial charge in [0.05, 0.1) is 5.02 Å². The normalized spacial score (nSPS) is 10.3. The molecule has 6 heteroatoms. The fourth-order valence-electron chi connectivity index (χ4n) is 1.93. The first-order valence-electron chi connectivity index (χ1n) is 6.79. The molecule has 2 aromatic rings. The highest BCUT2D eigenvalue weighted by Crippen LogP contribution is 2.19. The predicted molar refractivity (Wildman–Crippen MR) is 95.4 cm³/mol. The highest BCUT2D eigenvalue weighted by molar-refractivity contribution is 7.80. The average molecular weight is 357 g/mol. The lowest BCUT2D eigenvalue weighted by atomic mass is 10.1. The Kier molecular flexibility index (Phi) is 6.43. The third-order valence-corrected chi connectivity index (χ3v) is 3.95. The van der Waals surface area contributed by atoms with Crippen LogP contribution in [-0.4, -0.2) is 11.7 Å². The summed E-state index contributed by atoms with van der Waals surface area (Å²) in [7, 11) is 0. The van der Waals surface area contributed by atoms with E-state index in [0.717, 1.165) is 23.4 Å². The zero-order chi connectivity index (χ0) is 15.9. The number of rotatable bonds is 5. The summed E-state index contributed by atoms with van der Waals surface area (Å²) in [5.41, 5.74) is 1.77. The Labute approximate surface area is 144 Å². The first-order valence-corrected chi connectivity index (χ1v) is 7.96. The fourth-order valence-corrected chi connectivity index (χ4v) is 2.56. The maximum Gasteiger partial charge on any atom is 0.170 e. The van der Waals surface area contributed by atoms with Crippen LogP contribution >= 0.6 is 35.4 Å². The molecule has 2 aromatic carbocycles. The van der Waals surface area contributed by atoms with Gasteiger partial charge in [-0.1, -0.05) is 41.4 Å². The molecule has 2 rings (SSSR count). The molecule has 116 valence electrons. The standard InChI is InChI=1S/C16H15Cl2FN2S/c17-13-6-2-1-4-11(13)5-3-9-20-16(22)21-12-7-8-15(19)14(18)10-12/h1-2,4,6-8,10H,3,5,9H2,(H2,20,21,22). The van der Waals surface area contributed by atoms with E-state index in [-0.39, 0.29) is 5.02 Å². The zero-order valence-corrected chi connectivity index (χ0v) is 14.0. The Morgan fingerprint density at radius 1 is 1.09 bits per heavy atom. The molecule has 0 bridgehead atoms. The van der Waals surface area contributed by atoms with Crippen LogP contribution < -0.4 is 10.6 Å². The lowest BCUT2D eigenvalue weighted by Crippen LogP contribution is -2.29. The van der Waals surface area contributed by atoms with Crippen molar-refractivity contribution in [2.75, 3.05) is 11.9 Å². The zero-order valence-electron chi connectivity index (χ0n) is 11.7. The van der Waals surface area contributed by atoms with E-state index in [1.54, 1.807) is 6.07 Å². The van der Waals surface area contributed by atoms with E-state index < -0.39 is 5.82 Å². The van der Waals surface area contributed by atoms with E-state index in [1.807, 2.05) is 24.3 Å². The van der Waals surface area contributed by atoms with Crippen LogP contribution in [0.25, 0.3) is 0 Å². The van der Waals surface area contributed by atoms with Crippen molar-refractivity contribution in [2.24, 2.45) is 0 Å². The molecule has 0 aromatic heterocycles. The molecule has 0 aliphatic rings. The molecule has 0 saturated carbocycles. The highest BCUT2D eigenvalue weighted by atomic mass is 35.5. The van der Waals surface area contributed by atoms with Gasteiger partial charge in [0.1, 0.15) is 5.82 Å². The Morgan fingerprint density at radius 2 is 1.86 bits per heavy atom.